The summed E-state index contributed by atoms with van der Waals surface area (Å²) in [5.41, 5.74) is 0. The Balaban J connectivity index is 2.95. The minimum Gasteiger partial charge on any atom is -0.282 e. The van der Waals surface area contributed by atoms with Crippen molar-refractivity contribution in [2.24, 2.45) is 0 Å². The molecule has 0 aliphatic carbocycles. The van der Waals surface area contributed by atoms with Gasteiger partial charge in [-0.25, -0.2) is 9.97 Å². The van der Waals surface area contributed by atoms with Gasteiger partial charge in [-0.2, -0.15) is 0 Å². The lowest BCUT2D eigenvalue weighted by Gasteiger charge is -1.84. The van der Waals surface area contributed by atoms with Crippen molar-refractivity contribution in [3.05, 3.63) is 30.9 Å². The van der Waals surface area contributed by atoms with E-state index in [-0.39, 0.29) is 0 Å². The van der Waals surface area contributed by atoms with Crippen molar-refractivity contribution in [1.29, 1.82) is 0 Å². The van der Waals surface area contributed by atoms with Crippen molar-refractivity contribution in [2.75, 3.05) is 0 Å². The van der Waals surface area contributed by atoms with Crippen LogP contribution in [0.3, 0.4) is 0 Å². The van der Waals surface area contributed by atoms with Crippen LogP contribution in [0.25, 0.3) is 5.78 Å². The minimum absolute atomic E-state index is 0.692. The predicted octanol–water partition coefficient (Wildman–Crippen LogP) is 0.529. The highest BCUT2D eigenvalue weighted by Crippen LogP contribution is 1.91. The lowest BCUT2D eigenvalue weighted by molar-refractivity contribution is 1.10. The lowest BCUT2D eigenvalue weighted by Crippen LogP contribution is -1.83. The van der Waals surface area contributed by atoms with Crippen molar-refractivity contribution in [3.8, 4) is 0 Å². The van der Waals surface area contributed by atoms with Gasteiger partial charge in [-0.15, -0.1) is 0 Å². The molecule has 0 N–H and O–H groups in total. The molecule has 9 heavy (non-hydrogen) atoms. The van der Waals surface area contributed by atoms with Crippen LogP contribution >= 0.6 is 0 Å². The molecule has 2 heterocycles. The third-order valence-corrected chi connectivity index (χ3v) is 1.10. The molecule has 0 aliphatic rings. The standard InChI is InChI=1S/C6H4N3/c1-2-7-6-8-3-5-9(6)4-1/h1-3,5H. The van der Waals surface area contributed by atoms with Gasteiger partial charge in [0.05, 0.1) is 6.20 Å². The fraction of sp³-hybridized carbons (Fsp3) is 0. The van der Waals surface area contributed by atoms with Crippen LogP contribution in [0.4, 0.5) is 0 Å². The molecule has 0 spiro atoms. The molecule has 1 radical (unpaired) electrons. The largest absolute Gasteiger partial charge is 0.282 e. The van der Waals surface area contributed by atoms with Crippen LogP contribution in [0.15, 0.2) is 24.7 Å². The molecule has 43 valence electrons. The fourth-order valence-electron chi connectivity index (χ4n) is 0.709. The lowest BCUT2D eigenvalue weighted by atomic mass is 10.7. The molecule has 3 heteroatoms. The molecule has 0 saturated carbocycles. The normalized spacial score (nSPS) is 10.2. The van der Waals surface area contributed by atoms with E-state index < -0.39 is 0 Å². The maximum absolute atomic E-state index is 3.96. The highest BCUT2D eigenvalue weighted by atomic mass is 15.1. The molecule has 0 aromatic carbocycles. The second-order valence-corrected chi connectivity index (χ2v) is 1.67. The quantitative estimate of drug-likeness (QED) is 0.505. The number of hydrogen-bond donors (Lipinski definition) is 0. The van der Waals surface area contributed by atoms with Gasteiger partial charge in [-0.05, 0) is 6.07 Å². The average molecular weight is 118 g/mol. The Kier molecular flexibility index (Phi) is 0.773. The molecule has 0 bridgehead atoms. The summed E-state index contributed by atoms with van der Waals surface area (Å²) in [6.07, 6.45) is 8.09. The Morgan fingerprint density at radius 1 is 1.33 bits per heavy atom. The Bertz CT molecular complexity index is 282. The summed E-state index contributed by atoms with van der Waals surface area (Å²) in [4.78, 5) is 7.90. The van der Waals surface area contributed by atoms with Crippen LogP contribution in [-0.4, -0.2) is 14.4 Å². The van der Waals surface area contributed by atoms with E-state index in [0.29, 0.717) is 5.78 Å². The average Bonchev–Trinajstić information content (AvgIpc) is 2.33. The summed E-state index contributed by atoms with van der Waals surface area (Å²) in [6.45, 7) is 0. The molecule has 0 unspecified atom stereocenters. The van der Waals surface area contributed by atoms with Gasteiger partial charge >= 0.3 is 0 Å². The molecule has 0 saturated heterocycles. The van der Waals surface area contributed by atoms with Crippen molar-refractivity contribution < 1.29 is 0 Å². The van der Waals surface area contributed by atoms with Gasteiger partial charge in [0.25, 0.3) is 0 Å². The van der Waals surface area contributed by atoms with Gasteiger partial charge in [0, 0.05) is 18.6 Å². The third-order valence-electron chi connectivity index (χ3n) is 1.10. The Morgan fingerprint density at radius 2 is 2.22 bits per heavy atom. The summed E-state index contributed by atoms with van der Waals surface area (Å²) >= 11 is 0. The van der Waals surface area contributed by atoms with Crippen LogP contribution in [0.2, 0.25) is 0 Å². The number of hydrogen-bond acceptors (Lipinski definition) is 2. The first kappa shape index (κ1) is 4.49. The molecule has 3 nitrogen and oxygen atoms in total. The first-order valence-corrected chi connectivity index (χ1v) is 2.62. The van der Waals surface area contributed by atoms with E-state index in [0.717, 1.165) is 0 Å². The van der Waals surface area contributed by atoms with E-state index in [4.69, 9.17) is 0 Å². The van der Waals surface area contributed by atoms with Crippen LogP contribution < -0.4 is 0 Å². The molecule has 0 aliphatic heterocycles. The zero-order valence-electron chi connectivity index (χ0n) is 4.65. The molecule has 2 aromatic rings. The number of rotatable bonds is 0. The Morgan fingerprint density at radius 3 is 3.11 bits per heavy atom. The van der Waals surface area contributed by atoms with E-state index in [1.54, 1.807) is 22.9 Å². The smallest absolute Gasteiger partial charge is 0.234 e. The highest BCUT2D eigenvalue weighted by Gasteiger charge is 1.87. The molecular formula is C6H4N3. The van der Waals surface area contributed by atoms with Crippen LogP contribution in [0.1, 0.15) is 0 Å². The number of aromatic nitrogens is 3. The van der Waals surface area contributed by atoms with Gasteiger partial charge in [0.15, 0.2) is 0 Å². The number of fused-ring (bicyclic) bond motifs is 1. The van der Waals surface area contributed by atoms with Crippen LogP contribution in [0.5, 0.6) is 0 Å². The van der Waals surface area contributed by atoms with E-state index in [9.17, 15) is 0 Å². The summed E-state index contributed by atoms with van der Waals surface area (Å²) in [5.74, 6) is 0.692. The van der Waals surface area contributed by atoms with E-state index in [1.807, 2.05) is 6.20 Å². The maximum Gasteiger partial charge on any atom is 0.234 e. The van der Waals surface area contributed by atoms with Crippen LogP contribution in [0, 0.1) is 6.20 Å². The van der Waals surface area contributed by atoms with Crippen LogP contribution in [-0.2, 0) is 0 Å². The third kappa shape index (κ3) is 0.579. The van der Waals surface area contributed by atoms with Crippen molar-refractivity contribution in [1.82, 2.24) is 14.4 Å². The summed E-state index contributed by atoms with van der Waals surface area (Å²) in [7, 11) is 0. The number of imidazole rings is 1. The Labute approximate surface area is 52.0 Å². The van der Waals surface area contributed by atoms with Gasteiger partial charge in [-0.1, -0.05) is 0 Å². The topological polar surface area (TPSA) is 30.2 Å². The van der Waals surface area contributed by atoms with Crippen molar-refractivity contribution in [3.63, 3.8) is 0 Å². The molecule has 2 rings (SSSR count). The predicted molar refractivity (Wildman–Crippen MR) is 31.8 cm³/mol. The molecule has 2 aromatic heterocycles. The summed E-state index contributed by atoms with van der Waals surface area (Å²) in [6, 6.07) is 1.74. The first-order valence-electron chi connectivity index (χ1n) is 2.62. The molecule has 0 fully saturated rings. The fourth-order valence-corrected chi connectivity index (χ4v) is 0.709. The second kappa shape index (κ2) is 1.55. The van der Waals surface area contributed by atoms with E-state index >= 15 is 0 Å². The summed E-state index contributed by atoms with van der Waals surface area (Å²) in [5, 5.41) is 0. The van der Waals surface area contributed by atoms with Crippen molar-refractivity contribution in [2.45, 2.75) is 0 Å². The van der Waals surface area contributed by atoms with E-state index in [1.165, 1.54) is 0 Å². The zero-order valence-corrected chi connectivity index (χ0v) is 4.65. The molecule has 0 amide bonds. The molecular weight excluding hydrogens is 114 g/mol. The Hall–Kier alpha value is -1.38. The van der Waals surface area contributed by atoms with E-state index in [2.05, 4.69) is 16.2 Å². The van der Waals surface area contributed by atoms with Gasteiger partial charge in [0.1, 0.15) is 0 Å². The minimum atomic E-state index is 0.692. The first-order chi connectivity index (χ1) is 4.47. The maximum atomic E-state index is 3.96. The number of nitrogens with zero attached hydrogens (tertiary/aromatic N) is 3. The van der Waals surface area contributed by atoms with Gasteiger partial charge in [-0.3, -0.25) is 4.40 Å². The second-order valence-electron chi connectivity index (χ2n) is 1.67. The zero-order chi connectivity index (χ0) is 6.10. The summed E-state index contributed by atoms with van der Waals surface area (Å²) < 4.78 is 1.74. The SMILES string of the molecule is [c]1ccnc2nccn12. The van der Waals surface area contributed by atoms with Crippen molar-refractivity contribution >= 4 is 5.78 Å². The monoisotopic (exact) mass is 118 g/mol. The highest BCUT2D eigenvalue weighted by molar-refractivity contribution is 5.24. The molecule has 0 atom stereocenters. The van der Waals surface area contributed by atoms with Gasteiger partial charge in [0.2, 0.25) is 5.78 Å². The van der Waals surface area contributed by atoms with Gasteiger partial charge < -0.3 is 0 Å².